The summed E-state index contributed by atoms with van der Waals surface area (Å²) in [6.07, 6.45) is 0.954. The van der Waals surface area contributed by atoms with E-state index in [1.165, 1.54) is 18.2 Å². The summed E-state index contributed by atoms with van der Waals surface area (Å²) < 4.78 is 26.8. The van der Waals surface area contributed by atoms with E-state index in [9.17, 15) is 8.78 Å². The second-order valence-corrected chi connectivity index (χ2v) is 5.70. The third kappa shape index (κ3) is 3.79. The minimum absolute atomic E-state index is 0.269. The van der Waals surface area contributed by atoms with Crippen molar-refractivity contribution in [1.82, 2.24) is 4.90 Å². The molecule has 0 N–H and O–H groups in total. The summed E-state index contributed by atoms with van der Waals surface area (Å²) >= 11 is 6.04. The Morgan fingerprint density at radius 1 is 1.09 bits per heavy atom. The van der Waals surface area contributed by atoms with Gasteiger partial charge in [0.1, 0.15) is 17.5 Å². The normalized spacial score (nSPS) is 13.9. The molecule has 1 heterocycles. The molecular weight excluding hydrogens is 322 g/mol. The van der Waals surface area contributed by atoms with Crippen LogP contribution in [0.15, 0.2) is 47.6 Å². The Morgan fingerprint density at radius 3 is 2.61 bits per heavy atom. The summed E-state index contributed by atoms with van der Waals surface area (Å²) in [5.74, 6) is 0.144. The lowest BCUT2D eigenvalue weighted by Gasteiger charge is -2.18. The van der Waals surface area contributed by atoms with Crippen LogP contribution in [-0.2, 0) is 17.8 Å². The molecule has 0 saturated carbocycles. The lowest BCUT2D eigenvalue weighted by Crippen LogP contribution is -2.27. The van der Waals surface area contributed by atoms with Gasteiger partial charge in [-0.1, -0.05) is 35.0 Å². The predicted molar refractivity (Wildman–Crippen MR) is 85.1 cm³/mol. The summed E-state index contributed by atoms with van der Waals surface area (Å²) in [5, 5.41) is 4.42. The third-order valence-electron chi connectivity index (χ3n) is 3.70. The zero-order chi connectivity index (χ0) is 16.2. The van der Waals surface area contributed by atoms with Crippen LogP contribution in [0.25, 0.3) is 0 Å². The molecule has 0 bridgehead atoms. The van der Waals surface area contributed by atoms with E-state index < -0.39 is 0 Å². The number of nitrogens with zero attached hydrogens (tertiary/aromatic N) is 2. The summed E-state index contributed by atoms with van der Waals surface area (Å²) in [7, 11) is 0. The molecular formula is C17H15ClF2N2O. The average molecular weight is 337 g/mol. The fourth-order valence-corrected chi connectivity index (χ4v) is 2.72. The van der Waals surface area contributed by atoms with Gasteiger partial charge in [0.2, 0.25) is 0 Å². The molecule has 1 aliphatic rings. The van der Waals surface area contributed by atoms with Crippen LogP contribution in [0.4, 0.5) is 8.78 Å². The maximum atomic E-state index is 13.8. The summed E-state index contributed by atoms with van der Waals surface area (Å²) in [6.45, 7) is 0.891. The first-order valence-electron chi connectivity index (χ1n) is 7.24. The summed E-state index contributed by atoms with van der Waals surface area (Å²) in [5.41, 5.74) is 1.43. The number of halogens is 3. The average Bonchev–Trinajstić information content (AvgIpc) is 2.96. The zero-order valence-electron chi connectivity index (χ0n) is 12.3. The number of oxime groups is 1. The van der Waals surface area contributed by atoms with Gasteiger partial charge < -0.3 is 9.74 Å². The van der Waals surface area contributed by atoms with Crippen molar-refractivity contribution < 1.29 is 13.6 Å². The first kappa shape index (κ1) is 15.7. The quantitative estimate of drug-likeness (QED) is 0.810. The molecule has 0 aromatic heterocycles. The van der Waals surface area contributed by atoms with E-state index in [1.807, 2.05) is 4.90 Å². The second-order valence-electron chi connectivity index (χ2n) is 5.29. The highest BCUT2D eigenvalue weighted by Crippen LogP contribution is 2.22. The maximum absolute atomic E-state index is 13.8. The van der Waals surface area contributed by atoms with Crippen LogP contribution in [0.2, 0.25) is 5.02 Å². The predicted octanol–water partition coefficient (Wildman–Crippen LogP) is 4.35. The minimum atomic E-state index is -0.318. The molecule has 0 fully saturated rings. The number of rotatable bonds is 5. The molecule has 0 radical (unpaired) electrons. The summed E-state index contributed by atoms with van der Waals surface area (Å²) in [4.78, 5) is 7.06. The van der Waals surface area contributed by atoms with E-state index in [4.69, 9.17) is 16.4 Å². The minimum Gasteiger partial charge on any atom is -0.372 e. The molecule has 120 valence electrons. The van der Waals surface area contributed by atoms with Crippen LogP contribution in [0, 0.1) is 11.6 Å². The molecule has 0 amide bonds. The van der Waals surface area contributed by atoms with Crippen molar-refractivity contribution >= 4 is 17.4 Å². The molecule has 0 spiro atoms. The van der Waals surface area contributed by atoms with Gasteiger partial charge in [0.05, 0.1) is 0 Å². The third-order valence-corrected chi connectivity index (χ3v) is 4.05. The fraction of sp³-hybridized carbons (Fsp3) is 0.235. The first-order valence-corrected chi connectivity index (χ1v) is 7.62. The summed E-state index contributed by atoms with van der Waals surface area (Å²) in [6, 6.07) is 10.9. The van der Waals surface area contributed by atoms with E-state index in [-0.39, 0.29) is 11.6 Å². The van der Waals surface area contributed by atoms with Gasteiger partial charge >= 0.3 is 0 Å². The number of amidine groups is 1. The molecule has 0 aliphatic carbocycles. The van der Waals surface area contributed by atoms with E-state index in [1.54, 1.807) is 24.3 Å². The Kier molecular flexibility index (Phi) is 4.76. The molecule has 3 nitrogen and oxygen atoms in total. The number of hydrogen-bond acceptors (Lipinski definition) is 3. The molecule has 0 atom stereocenters. The Morgan fingerprint density at radius 2 is 1.87 bits per heavy atom. The van der Waals surface area contributed by atoms with E-state index >= 15 is 0 Å². The van der Waals surface area contributed by atoms with Crippen LogP contribution in [0.1, 0.15) is 17.5 Å². The van der Waals surface area contributed by atoms with Crippen LogP contribution in [0.3, 0.4) is 0 Å². The Labute approximate surface area is 138 Å². The highest BCUT2D eigenvalue weighted by Gasteiger charge is 2.20. The van der Waals surface area contributed by atoms with Crippen molar-refractivity contribution in [3.8, 4) is 0 Å². The lowest BCUT2D eigenvalue weighted by molar-refractivity contribution is 0.107. The lowest BCUT2D eigenvalue weighted by atomic mass is 10.1. The van der Waals surface area contributed by atoms with Gasteiger partial charge in [0.25, 0.3) is 0 Å². The van der Waals surface area contributed by atoms with Gasteiger partial charge in [-0.2, -0.15) is 0 Å². The van der Waals surface area contributed by atoms with Crippen molar-refractivity contribution in [3.63, 3.8) is 0 Å². The SMILES string of the molecule is Fc1ccc(CN2CON=C2CCc2c(F)cccc2Cl)cc1. The zero-order valence-corrected chi connectivity index (χ0v) is 13.1. The standard InChI is InChI=1S/C17H15ClF2N2O/c18-15-2-1-3-16(20)14(15)8-9-17-21-23-11-22(17)10-12-4-6-13(19)7-5-12/h1-7H,8-11H2. The molecule has 0 unspecified atom stereocenters. The van der Waals surface area contributed by atoms with Crippen molar-refractivity contribution in [1.29, 1.82) is 0 Å². The van der Waals surface area contributed by atoms with Gasteiger partial charge in [-0.25, -0.2) is 8.78 Å². The van der Waals surface area contributed by atoms with E-state index in [0.29, 0.717) is 36.7 Å². The van der Waals surface area contributed by atoms with Crippen LogP contribution in [0.5, 0.6) is 0 Å². The largest absolute Gasteiger partial charge is 0.372 e. The molecule has 2 aromatic rings. The van der Waals surface area contributed by atoms with Gasteiger partial charge in [0, 0.05) is 23.6 Å². The fourth-order valence-electron chi connectivity index (χ4n) is 2.46. The highest BCUT2D eigenvalue weighted by atomic mass is 35.5. The molecule has 3 rings (SSSR count). The van der Waals surface area contributed by atoms with Crippen molar-refractivity contribution in [2.24, 2.45) is 5.16 Å². The van der Waals surface area contributed by atoms with E-state index in [2.05, 4.69) is 5.16 Å². The van der Waals surface area contributed by atoms with Gasteiger partial charge in [-0.15, -0.1) is 0 Å². The number of benzene rings is 2. The smallest absolute Gasteiger partial charge is 0.191 e. The molecule has 6 heteroatoms. The van der Waals surface area contributed by atoms with Crippen molar-refractivity contribution in [2.45, 2.75) is 19.4 Å². The number of hydrogen-bond donors (Lipinski definition) is 0. The van der Waals surface area contributed by atoms with Crippen LogP contribution < -0.4 is 0 Å². The first-order chi connectivity index (χ1) is 11.1. The molecule has 23 heavy (non-hydrogen) atoms. The van der Waals surface area contributed by atoms with Gasteiger partial charge in [-0.3, -0.25) is 0 Å². The maximum Gasteiger partial charge on any atom is 0.191 e. The molecule has 0 saturated heterocycles. The van der Waals surface area contributed by atoms with Gasteiger partial charge in [0.15, 0.2) is 6.73 Å². The Balaban J connectivity index is 1.64. The van der Waals surface area contributed by atoms with Gasteiger partial charge in [-0.05, 0) is 36.2 Å². The van der Waals surface area contributed by atoms with Crippen LogP contribution >= 0.6 is 11.6 Å². The highest BCUT2D eigenvalue weighted by molar-refractivity contribution is 6.31. The van der Waals surface area contributed by atoms with E-state index in [0.717, 1.165) is 11.4 Å². The molecule has 1 aliphatic heterocycles. The van der Waals surface area contributed by atoms with Crippen LogP contribution in [-0.4, -0.2) is 17.5 Å². The Hall–Kier alpha value is -2.14. The monoisotopic (exact) mass is 336 g/mol. The topological polar surface area (TPSA) is 24.8 Å². The Bertz CT molecular complexity index is 699. The van der Waals surface area contributed by atoms with Crippen molar-refractivity contribution in [2.75, 3.05) is 6.73 Å². The second kappa shape index (κ2) is 6.96. The van der Waals surface area contributed by atoms with Crippen molar-refractivity contribution in [3.05, 3.63) is 70.2 Å². The molecule has 2 aromatic carbocycles.